The van der Waals surface area contributed by atoms with Crippen molar-refractivity contribution >= 4 is 5.97 Å². The van der Waals surface area contributed by atoms with Crippen LogP contribution in [0.1, 0.15) is 26.7 Å². The zero-order valence-corrected chi connectivity index (χ0v) is 7.42. The van der Waals surface area contributed by atoms with Crippen molar-refractivity contribution in [2.75, 3.05) is 13.7 Å². The van der Waals surface area contributed by atoms with E-state index in [1.807, 2.05) is 13.8 Å². The number of esters is 1. The van der Waals surface area contributed by atoms with Gasteiger partial charge in [0.05, 0.1) is 6.61 Å². The van der Waals surface area contributed by atoms with Crippen LogP contribution >= 0.6 is 0 Å². The van der Waals surface area contributed by atoms with E-state index in [0.29, 0.717) is 13.0 Å². The van der Waals surface area contributed by atoms with E-state index in [4.69, 9.17) is 9.47 Å². The van der Waals surface area contributed by atoms with E-state index in [2.05, 4.69) is 0 Å². The third kappa shape index (κ3) is 5.85. The second-order valence-corrected chi connectivity index (χ2v) is 2.51. The van der Waals surface area contributed by atoms with E-state index in [1.54, 1.807) is 7.11 Å². The van der Waals surface area contributed by atoms with Gasteiger partial charge >= 0.3 is 5.97 Å². The van der Waals surface area contributed by atoms with Crippen LogP contribution in [0.25, 0.3) is 0 Å². The number of carbonyl (C=O) groups is 1. The Morgan fingerprint density at radius 2 is 2.18 bits per heavy atom. The molecule has 0 N–H and O–H groups in total. The third-order valence-corrected chi connectivity index (χ3v) is 1.19. The summed E-state index contributed by atoms with van der Waals surface area (Å²) in [7, 11) is 1.59. The molecule has 3 nitrogen and oxygen atoms in total. The monoisotopic (exact) mass is 160 g/mol. The van der Waals surface area contributed by atoms with Crippen molar-refractivity contribution in [3.63, 3.8) is 0 Å². The molecule has 0 aliphatic heterocycles. The van der Waals surface area contributed by atoms with E-state index >= 15 is 0 Å². The van der Waals surface area contributed by atoms with Crippen LogP contribution in [0.15, 0.2) is 0 Å². The molecule has 0 aromatic heterocycles. The maximum atomic E-state index is 10.9. The largest absolute Gasteiger partial charge is 0.460 e. The SMILES string of the molecule is CCCC(=O)O[C@@H](C)COC. The molecule has 0 saturated heterocycles. The van der Waals surface area contributed by atoms with Crippen LogP contribution in [-0.2, 0) is 14.3 Å². The molecule has 0 rings (SSSR count). The highest BCUT2D eigenvalue weighted by Gasteiger charge is 2.06. The van der Waals surface area contributed by atoms with Gasteiger partial charge in [0.1, 0.15) is 6.10 Å². The molecular weight excluding hydrogens is 144 g/mol. The molecule has 0 aliphatic rings. The lowest BCUT2D eigenvalue weighted by atomic mass is 10.3. The molecule has 11 heavy (non-hydrogen) atoms. The summed E-state index contributed by atoms with van der Waals surface area (Å²) in [5.41, 5.74) is 0. The standard InChI is InChI=1S/C8H16O3/c1-4-5-8(9)11-7(2)6-10-3/h7H,4-6H2,1-3H3/t7-/m0/s1. The first-order valence-electron chi connectivity index (χ1n) is 3.89. The Kier molecular flexibility index (Phi) is 5.84. The number of carbonyl (C=O) groups excluding carboxylic acids is 1. The maximum Gasteiger partial charge on any atom is 0.306 e. The van der Waals surface area contributed by atoms with Crippen molar-refractivity contribution in [3.05, 3.63) is 0 Å². The molecule has 0 aromatic rings. The minimum atomic E-state index is -0.142. The molecule has 0 aromatic carbocycles. The summed E-state index contributed by atoms with van der Waals surface area (Å²) in [5.74, 6) is -0.142. The van der Waals surface area contributed by atoms with Crippen LogP contribution in [0.3, 0.4) is 0 Å². The van der Waals surface area contributed by atoms with Crippen LogP contribution < -0.4 is 0 Å². The molecule has 0 saturated carbocycles. The predicted octanol–water partition coefficient (Wildman–Crippen LogP) is 1.36. The number of ether oxygens (including phenoxy) is 2. The van der Waals surface area contributed by atoms with Gasteiger partial charge < -0.3 is 9.47 Å². The van der Waals surface area contributed by atoms with Gasteiger partial charge in [0.25, 0.3) is 0 Å². The Hall–Kier alpha value is -0.570. The van der Waals surface area contributed by atoms with E-state index in [1.165, 1.54) is 0 Å². The minimum absolute atomic E-state index is 0.126. The minimum Gasteiger partial charge on any atom is -0.460 e. The second-order valence-electron chi connectivity index (χ2n) is 2.51. The molecular formula is C8H16O3. The Balaban J connectivity index is 3.40. The highest BCUT2D eigenvalue weighted by molar-refractivity contribution is 5.69. The molecule has 0 radical (unpaired) electrons. The predicted molar refractivity (Wildman–Crippen MR) is 42.3 cm³/mol. The van der Waals surface area contributed by atoms with Gasteiger partial charge in [-0.05, 0) is 13.3 Å². The molecule has 0 spiro atoms. The van der Waals surface area contributed by atoms with E-state index < -0.39 is 0 Å². The fraction of sp³-hybridized carbons (Fsp3) is 0.875. The van der Waals surface area contributed by atoms with Gasteiger partial charge in [0, 0.05) is 13.5 Å². The first kappa shape index (κ1) is 10.4. The lowest BCUT2D eigenvalue weighted by Gasteiger charge is -2.10. The topological polar surface area (TPSA) is 35.5 Å². The highest BCUT2D eigenvalue weighted by atomic mass is 16.6. The summed E-state index contributed by atoms with van der Waals surface area (Å²) in [4.78, 5) is 10.9. The summed E-state index contributed by atoms with van der Waals surface area (Å²) in [6, 6.07) is 0. The van der Waals surface area contributed by atoms with Gasteiger partial charge in [-0.3, -0.25) is 4.79 Å². The Morgan fingerprint density at radius 1 is 1.55 bits per heavy atom. The molecule has 0 aliphatic carbocycles. The van der Waals surface area contributed by atoms with E-state index in [9.17, 15) is 4.79 Å². The quantitative estimate of drug-likeness (QED) is 0.570. The molecule has 0 amide bonds. The van der Waals surface area contributed by atoms with Crippen molar-refractivity contribution in [2.24, 2.45) is 0 Å². The number of hydrogen-bond donors (Lipinski definition) is 0. The summed E-state index contributed by atoms with van der Waals surface area (Å²) < 4.78 is 9.77. The highest BCUT2D eigenvalue weighted by Crippen LogP contribution is 1.96. The first-order valence-corrected chi connectivity index (χ1v) is 3.89. The summed E-state index contributed by atoms with van der Waals surface area (Å²) in [5, 5.41) is 0. The van der Waals surface area contributed by atoms with Crippen molar-refractivity contribution in [2.45, 2.75) is 32.8 Å². The lowest BCUT2D eigenvalue weighted by Crippen LogP contribution is -2.19. The molecule has 3 heteroatoms. The molecule has 1 atom stereocenters. The Labute approximate surface area is 67.7 Å². The number of hydrogen-bond acceptors (Lipinski definition) is 3. The first-order chi connectivity index (χ1) is 5.20. The molecule has 0 heterocycles. The number of methoxy groups -OCH3 is 1. The molecule has 0 unspecified atom stereocenters. The van der Waals surface area contributed by atoms with Crippen molar-refractivity contribution in [1.82, 2.24) is 0 Å². The summed E-state index contributed by atoms with van der Waals surface area (Å²) >= 11 is 0. The molecule has 0 fully saturated rings. The van der Waals surface area contributed by atoms with Gasteiger partial charge in [-0.15, -0.1) is 0 Å². The maximum absolute atomic E-state index is 10.9. The number of rotatable bonds is 5. The van der Waals surface area contributed by atoms with Gasteiger partial charge in [0.15, 0.2) is 0 Å². The summed E-state index contributed by atoms with van der Waals surface area (Å²) in [6.07, 6.45) is 1.20. The molecule has 0 bridgehead atoms. The smallest absolute Gasteiger partial charge is 0.306 e. The van der Waals surface area contributed by atoms with Gasteiger partial charge in [-0.1, -0.05) is 6.92 Å². The Bertz CT molecular complexity index is 112. The zero-order chi connectivity index (χ0) is 8.69. The van der Waals surface area contributed by atoms with Crippen LogP contribution in [0.4, 0.5) is 0 Å². The van der Waals surface area contributed by atoms with Crippen molar-refractivity contribution in [3.8, 4) is 0 Å². The lowest BCUT2D eigenvalue weighted by molar-refractivity contribution is -0.150. The van der Waals surface area contributed by atoms with Gasteiger partial charge in [-0.25, -0.2) is 0 Å². The Morgan fingerprint density at radius 3 is 2.64 bits per heavy atom. The van der Waals surface area contributed by atoms with Crippen molar-refractivity contribution in [1.29, 1.82) is 0 Å². The fourth-order valence-electron chi connectivity index (χ4n) is 0.756. The normalized spacial score (nSPS) is 12.6. The van der Waals surface area contributed by atoms with Crippen LogP contribution in [0.5, 0.6) is 0 Å². The summed E-state index contributed by atoms with van der Waals surface area (Å²) in [6.45, 7) is 4.23. The van der Waals surface area contributed by atoms with Gasteiger partial charge in [-0.2, -0.15) is 0 Å². The average molecular weight is 160 g/mol. The van der Waals surface area contributed by atoms with E-state index in [-0.39, 0.29) is 12.1 Å². The third-order valence-electron chi connectivity index (χ3n) is 1.19. The van der Waals surface area contributed by atoms with Gasteiger partial charge in [0.2, 0.25) is 0 Å². The van der Waals surface area contributed by atoms with Crippen LogP contribution in [0.2, 0.25) is 0 Å². The van der Waals surface area contributed by atoms with Crippen LogP contribution in [0, 0.1) is 0 Å². The van der Waals surface area contributed by atoms with Crippen LogP contribution in [-0.4, -0.2) is 25.8 Å². The zero-order valence-electron chi connectivity index (χ0n) is 7.42. The fourth-order valence-corrected chi connectivity index (χ4v) is 0.756. The second kappa shape index (κ2) is 6.16. The average Bonchev–Trinajstić information content (AvgIpc) is 1.87. The van der Waals surface area contributed by atoms with Crippen molar-refractivity contribution < 1.29 is 14.3 Å². The molecule has 66 valence electrons. The van der Waals surface area contributed by atoms with E-state index in [0.717, 1.165) is 6.42 Å².